The average molecular weight is 322 g/mol. The van der Waals surface area contributed by atoms with Crippen LogP contribution >= 0.6 is 0 Å². The molecule has 0 spiro atoms. The second-order valence-electron chi connectivity index (χ2n) is 6.68. The molecule has 2 rings (SSSR count). The maximum atomic E-state index is 12.3. The van der Waals surface area contributed by atoms with Gasteiger partial charge in [-0.05, 0) is 56.9 Å². The van der Waals surface area contributed by atoms with Crippen LogP contribution in [0.15, 0.2) is 11.6 Å². The predicted molar refractivity (Wildman–Crippen MR) is 84.5 cm³/mol. The van der Waals surface area contributed by atoms with Gasteiger partial charge in [0.25, 0.3) is 0 Å². The van der Waals surface area contributed by atoms with Crippen LogP contribution in [0, 0.1) is 17.3 Å². The number of ether oxygens (including phenoxy) is 2. The van der Waals surface area contributed by atoms with Crippen molar-refractivity contribution in [3.63, 3.8) is 0 Å². The Morgan fingerprint density at radius 1 is 1.22 bits per heavy atom. The van der Waals surface area contributed by atoms with Crippen molar-refractivity contribution in [2.75, 3.05) is 13.2 Å². The molecule has 0 unspecified atom stereocenters. The van der Waals surface area contributed by atoms with Crippen molar-refractivity contribution in [1.29, 1.82) is 0 Å². The number of hydrogen-bond donors (Lipinski definition) is 0. The largest absolute Gasteiger partial charge is 0.465 e. The molecule has 0 aromatic heterocycles. The van der Waals surface area contributed by atoms with Crippen molar-refractivity contribution in [3.05, 3.63) is 11.6 Å². The van der Waals surface area contributed by atoms with E-state index in [1.807, 2.05) is 0 Å². The number of fused-ring (bicyclic) bond motifs is 1. The van der Waals surface area contributed by atoms with E-state index < -0.39 is 17.9 Å². The van der Waals surface area contributed by atoms with Crippen LogP contribution in [0.25, 0.3) is 0 Å². The molecule has 0 saturated heterocycles. The van der Waals surface area contributed by atoms with Gasteiger partial charge in [0.15, 0.2) is 11.7 Å². The lowest BCUT2D eigenvalue weighted by molar-refractivity contribution is -0.165. The highest BCUT2D eigenvalue weighted by Crippen LogP contribution is 2.50. The minimum Gasteiger partial charge on any atom is -0.465 e. The van der Waals surface area contributed by atoms with Crippen LogP contribution in [0.2, 0.25) is 0 Å². The minimum atomic E-state index is -0.891. The molecule has 1 saturated carbocycles. The molecule has 23 heavy (non-hydrogen) atoms. The van der Waals surface area contributed by atoms with E-state index in [9.17, 15) is 14.4 Å². The maximum Gasteiger partial charge on any atom is 0.320 e. The zero-order valence-electron chi connectivity index (χ0n) is 14.2. The quantitative estimate of drug-likeness (QED) is 0.575. The van der Waals surface area contributed by atoms with Crippen molar-refractivity contribution in [3.8, 4) is 0 Å². The third-order valence-electron chi connectivity index (χ3n) is 5.14. The Kier molecular flexibility index (Phi) is 5.60. The van der Waals surface area contributed by atoms with Crippen LogP contribution in [-0.4, -0.2) is 30.9 Å². The van der Waals surface area contributed by atoms with E-state index >= 15 is 0 Å². The van der Waals surface area contributed by atoms with E-state index in [1.54, 1.807) is 19.9 Å². The van der Waals surface area contributed by atoms with Gasteiger partial charge in [0.1, 0.15) is 0 Å². The van der Waals surface area contributed by atoms with Crippen molar-refractivity contribution >= 4 is 17.7 Å². The fourth-order valence-corrected chi connectivity index (χ4v) is 3.71. The van der Waals surface area contributed by atoms with Gasteiger partial charge in [0.2, 0.25) is 0 Å². The van der Waals surface area contributed by atoms with Gasteiger partial charge >= 0.3 is 11.9 Å². The molecule has 0 N–H and O–H groups in total. The second-order valence-corrected chi connectivity index (χ2v) is 6.68. The Hall–Kier alpha value is -1.65. The molecule has 0 radical (unpaired) electrons. The number of allylic oxidation sites excluding steroid dienone is 2. The number of hydrogen-bond acceptors (Lipinski definition) is 5. The van der Waals surface area contributed by atoms with Crippen LogP contribution < -0.4 is 0 Å². The number of esters is 2. The van der Waals surface area contributed by atoms with Gasteiger partial charge < -0.3 is 9.47 Å². The Balaban J connectivity index is 2.21. The van der Waals surface area contributed by atoms with Gasteiger partial charge in [-0.1, -0.05) is 12.5 Å². The fraction of sp³-hybridized carbons (Fsp3) is 0.722. The first-order chi connectivity index (χ1) is 10.9. The van der Waals surface area contributed by atoms with Crippen molar-refractivity contribution in [1.82, 2.24) is 0 Å². The van der Waals surface area contributed by atoms with Gasteiger partial charge in [-0.25, -0.2) is 0 Å². The molecule has 2 atom stereocenters. The Labute approximate surface area is 137 Å². The van der Waals surface area contributed by atoms with Crippen molar-refractivity contribution < 1.29 is 23.9 Å². The summed E-state index contributed by atoms with van der Waals surface area (Å²) in [5, 5.41) is 0. The van der Waals surface area contributed by atoms with Gasteiger partial charge in [-0.2, -0.15) is 0 Å². The second kappa shape index (κ2) is 7.28. The minimum absolute atomic E-state index is 0.0261. The van der Waals surface area contributed by atoms with Gasteiger partial charge in [-0.3, -0.25) is 14.4 Å². The average Bonchev–Trinajstić information content (AvgIpc) is 2.49. The molecule has 2 aliphatic rings. The third-order valence-corrected chi connectivity index (χ3v) is 5.14. The molecule has 1 fully saturated rings. The number of carbonyl (C=O) groups is 3. The number of carbonyl (C=O) groups excluding carboxylic acids is 3. The van der Waals surface area contributed by atoms with E-state index in [1.165, 1.54) is 0 Å². The summed E-state index contributed by atoms with van der Waals surface area (Å²) in [6.45, 7) is 6.09. The molecule has 0 aromatic rings. The molecular weight excluding hydrogens is 296 g/mol. The van der Waals surface area contributed by atoms with Crippen LogP contribution in [0.4, 0.5) is 0 Å². The summed E-state index contributed by atoms with van der Waals surface area (Å²) in [4.78, 5) is 36.3. The summed E-state index contributed by atoms with van der Waals surface area (Å²) in [5.74, 6) is -1.93. The fourth-order valence-electron chi connectivity index (χ4n) is 3.71. The molecule has 0 bridgehead atoms. The topological polar surface area (TPSA) is 69.7 Å². The van der Waals surface area contributed by atoms with Crippen molar-refractivity contribution in [2.45, 2.75) is 52.9 Å². The van der Waals surface area contributed by atoms with Crippen molar-refractivity contribution in [2.24, 2.45) is 17.3 Å². The van der Waals surface area contributed by atoms with E-state index in [4.69, 9.17) is 9.47 Å². The normalized spacial score (nSPS) is 27.2. The first kappa shape index (κ1) is 17.7. The molecule has 5 heteroatoms. The summed E-state index contributed by atoms with van der Waals surface area (Å²) in [6, 6.07) is 0. The van der Waals surface area contributed by atoms with Gasteiger partial charge in [0.05, 0.1) is 13.2 Å². The highest BCUT2D eigenvalue weighted by atomic mass is 16.6. The van der Waals surface area contributed by atoms with Crippen LogP contribution in [0.5, 0.6) is 0 Å². The van der Waals surface area contributed by atoms with Crippen LogP contribution in [0.1, 0.15) is 52.9 Å². The van der Waals surface area contributed by atoms with Crippen LogP contribution in [-0.2, 0) is 23.9 Å². The Morgan fingerprint density at radius 3 is 2.39 bits per heavy atom. The highest BCUT2D eigenvalue weighted by molar-refractivity contribution is 5.95. The zero-order valence-corrected chi connectivity index (χ0v) is 14.2. The monoisotopic (exact) mass is 322 g/mol. The zero-order chi connectivity index (χ0) is 17.0. The van der Waals surface area contributed by atoms with E-state index in [0.717, 1.165) is 24.8 Å². The molecular formula is C18H26O5. The smallest absolute Gasteiger partial charge is 0.320 e. The standard InChI is InChI=1S/C18H26O5/c1-4-22-16(20)15(17(21)23-5-2)12-6-8-18(3)9-7-14(19)11-13(18)10-12/h11-12,15H,4-10H2,1-3H3/t12-,18-/m1/s1. The number of rotatable bonds is 5. The predicted octanol–water partition coefficient (Wildman–Crippen LogP) is 2.82. The SMILES string of the molecule is CCOC(=O)C(C(=O)OCC)[C@@H]1CC[C@]2(C)CCC(=O)C=C2C1. The highest BCUT2D eigenvalue weighted by Gasteiger charge is 2.45. The lowest BCUT2D eigenvalue weighted by Gasteiger charge is -2.43. The molecule has 128 valence electrons. The summed E-state index contributed by atoms with van der Waals surface area (Å²) in [5.41, 5.74) is 1.10. The Bertz CT molecular complexity index is 504. The first-order valence-corrected chi connectivity index (χ1v) is 8.48. The van der Waals surface area contributed by atoms with E-state index in [0.29, 0.717) is 12.8 Å². The van der Waals surface area contributed by atoms with Gasteiger partial charge in [0, 0.05) is 6.42 Å². The first-order valence-electron chi connectivity index (χ1n) is 8.48. The molecule has 5 nitrogen and oxygen atoms in total. The molecule has 0 amide bonds. The Morgan fingerprint density at radius 2 is 1.83 bits per heavy atom. The third kappa shape index (κ3) is 3.82. The lowest BCUT2D eigenvalue weighted by Crippen LogP contribution is -2.40. The molecule has 2 aliphatic carbocycles. The van der Waals surface area contributed by atoms with Crippen LogP contribution in [0.3, 0.4) is 0 Å². The summed E-state index contributed by atoms with van der Waals surface area (Å²) >= 11 is 0. The number of ketones is 1. The molecule has 0 heterocycles. The summed E-state index contributed by atoms with van der Waals surface area (Å²) in [7, 11) is 0. The van der Waals surface area contributed by atoms with E-state index in [-0.39, 0.29) is 30.3 Å². The molecule has 0 aromatic carbocycles. The van der Waals surface area contributed by atoms with Gasteiger partial charge in [-0.15, -0.1) is 0 Å². The van der Waals surface area contributed by atoms with E-state index in [2.05, 4.69) is 6.92 Å². The molecule has 0 aliphatic heterocycles. The summed E-state index contributed by atoms with van der Waals surface area (Å²) < 4.78 is 10.2. The lowest BCUT2D eigenvalue weighted by atomic mass is 9.61. The maximum absolute atomic E-state index is 12.3. The summed E-state index contributed by atoms with van der Waals surface area (Å²) in [6.07, 6.45) is 5.40.